The standard InChI is InChI=1S/C10H9FN2/c11-10-3-1-2-9(6-10)7-13-5-4-12-8-13/h1-6,8H,7H2. The van der Waals surface area contributed by atoms with Crippen molar-refractivity contribution in [3.8, 4) is 0 Å². The molecule has 2 aromatic rings. The average molecular weight is 176 g/mol. The molecule has 0 saturated heterocycles. The number of halogens is 1. The molecule has 0 fully saturated rings. The lowest BCUT2D eigenvalue weighted by atomic mass is 10.2. The summed E-state index contributed by atoms with van der Waals surface area (Å²) in [7, 11) is 0. The topological polar surface area (TPSA) is 17.8 Å². The number of rotatable bonds is 2. The lowest BCUT2D eigenvalue weighted by Crippen LogP contribution is -1.96. The molecule has 1 aromatic carbocycles. The molecule has 0 bridgehead atoms. The highest BCUT2D eigenvalue weighted by Crippen LogP contribution is 2.05. The molecule has 0 N–H and O–H groups in total. The van der Waals surface area contributed by atoms with Crippen molar-refractivity contribution >= 4 is 0 Å². The van der Waals surface area contributed by atoms with Crippen molar-refractivity contribution in [2.75, 3.05) is 0 Å². The number of hydrogen-bond donors (Lipinski definition) is 0. The molecule has 0 spiro atoms. The molecule has 0 aliphatic rings. The van der Waals surface area contributed by atoms with Crippen molar-refractivity contribution in [1.29, 1.82) is 0 Å². The molecule has 1 heterocycles. The lowest BCUT2D eigenvalue weighted by Gasteiger charge is -2.01. The van der Waals surface area contributed by atoms with E-state index in [4.69, 9.17) is 0 Å². The van der Waals surface area contributed by atoms with Crippen LogP contribution in [0.5, 0.6) is 0 Å². The molecule has 3 heteroatoms. The van der Waals surface area contributed by atoms with E-state index < -0.39 is 0 Å². The van der Waals surface area contributed by atoms with E-state index in [1.54, 1.807) is 18.6 Å². The van der Waals surface area contributed by atoms with Gasteiger partial charge in [-0.25, -0.2) is 9.37 Å². The molecular formula is C10H9FN2. The van der Waals surface area contributed by atoms with E-state index in [1.165, 1.54) is 12.1 Å². The molecule has 1 aromatic heterocycles. The SMILES string of the molecule is Fc1cccc(Cn2ccnc2)c1. The molecule has 66 valence electrons. The summed E-state index contributed by atoms with van der Waals surface area (Å²) in [5, 5.41) is 0. The van der Waals surface area contributed by atoms with Crippen LogP contribution in [-0.2, 0) is 6.54 Å². The van der Waals surface area contributed by atoms with Gasteiger partial charge in [-0.15, -0.1) is 0 Å². The summed E-state index contributed by atoms with van der Waals surface area (Å²) in [6.45, 7) is 0.664. The Labute approximate surface area is 75.7 Å². The summed E-state index contributed by atoms with van der Waals surface area (Å²) in [6, 6.07) is 6.57. The van der Waals surface area contributed by atoms with Crippen LogP contribution in [0.4, 0.5) is 4.39 Å². The second kappa shape index (κ2) is 3.39. The van der Waals surface area contributed by atoms with E-state index in [0.717, 1.165) is 5.56 Å². The van der Waals surface area contributed by atoms with Crippen molar-refractivity contribution in [1.82, 2.24) is 9.55 Å². The van der Waals surface area contributed by atoms with Gasteiger partial charge in [-0.05, 0) is 17.7 Å². The average Bonchev–Trinajstić information content (AvgIpc) is 2.57. The van der Waals surface area contributed by atoms with E-state index in [-0.39, 0.29) is 5.82 Å². The Hall–Kier alpha value is -1.64. The Kier molecular flexibility index (Phi) is 2.08. The Morgan fingerprint density at radius 3 is 3.00 bits per heavy atom. The summed E-state index contributed by atoms with van der Waals surface area (Å²) in [5.41, 5.74) is 0.943. The fraction of sp³-hybridized carbons (Fsp3) is 0.100. The van der Waals surface area contributed by atoms with E-state index in [9.17, 15) is 4.39 Å². The molecule has 0 radical (unpaired) electrons. The predicted molar refractivity (Wildman–Crippen MR) is 47.7 cm³/mol. The maximum Gasteiger partial charge on any atom is 0.123 e. The maximum atomic E-state index is 12.8. The van der Waals surface area contributed by atoms with Crippen molar-refractivity contribution in [3.05, 3.63) is 54.4 Å². The second-order valence-corrected chi connectivity index (χ2v) is 2.86. The Morgan fingerprint density at radius 2 is 2.31 bits per heavy atom. The van der Waals surface area contributed by atoms with Gasteiger partial charge in [-0.1, -0.05) is 12.1 Å². The van der Waals surface area contributed by atoms with Gasteiger partial charge in [0.05, 0.1) is 6.33 Å². The third kappa shape index (κ3) is 1.93. The van der Waals surface area contributed by atoms with Gasteiger partial charge in [0, 0.05) is 18.9 Å². The van der Waals surface area contributed by atoms with Crippen LogP contribution in [0.2, 0.25) is 0 Å². The first-order chi connectivity index (χ1) is 6.34. The highest BCUT2D eigenvalue weighted by atomic mass is 19.1. The molecular weight excluding hydrogens is 167 g/mol. The smallest absolute Gasteiger partial charge is 0.123 e. The van der Waals surface area contributed by atoms with Crippen LogP contribution in [0.1, 0.15) is 5.56 Å². The normalized spacial score (nSPS) is 10.2. The van der Waals surface area contributed by atoms with E-state index in [2.05, 4.69) is 4.98 Å². The Balaban J connectivity index is 2.19. The second-order valence-electron chi connectivity index (χ2n) is 2.86. The molecule has 0 amide bonds. The zero-order valence-corrected chi connectivity index (χ0v) is 7.02. The van der Waals surface area contributed by atoms with Crippen LogP contribution >= 0.6 is 0 Å². The van der Waals surface area contributed by atoms with Crippen LogP contribution in [0, 0.1) is 5.82 Å². The molecule has 13 heavy (non-hydrogen) atoms. The molecule has 0 unspecified atom stereocenters. The minimum absolute atomic E-state index is 0.197. The molecule has 0 aliphatic carbocycles. The Morgan fingerprint density at radius 1 is 1.38 bits per heavy atom. The summed E-state index contributed by atoms with van der Waals surface area (Å²) in [6.07, 6.45) is 5.27. The Bertz CT molecular complexity index is 382. The quantitative estimate of drug-likeness (QED) is 0.685. The van der Waals surface area contributed by atoms with Crippen LogP contribution in [0.25, 0.3) is 0 Å². The highest BCUT2D eigenvalue weighted by Gasteiger charge is 1.95. The molecule has 2 rings (SSSR count). The largest absolute Gasteiger partial charge is 0.333 e. The monoisotopic (exact) mass is 176 g/mol. The maximum absolute atomic E-state index is 12.8. The van der Waals surface area contributed by atoms with Gasteiger partial charge in [-0.3, -0.25) is 0 Å². The van der Waals surface area contributed by atoms with E-state index >= 15 is 0 Å². The third-order valence-electron chi connectivity index (χ3n) is 1.81. The van der Waals surface area contributed by atoms with Crippen LogP contribution < -0.4 is 0 Å². The van der Waals surface area contributed by atoms with Crippen LogP contribution in [0.15, 0.2) is 43.0 Å². The molecule has 0 atom stereocenters. The van der Waals surface area contributed by atoms with Gasteiger partial charge in [0.15, 0.2) is 0 Å². The summed E-state index contributed by atoms with van der Waals surface area (Å²) in [4.78, 5) is 3.91. The first-order valence-electron chi connectivity index (χ1n) is 4.05. The van der Waals surface area contributed by atoms with E-state index in [0.29, 0.717) is 6.54 Å². The number of hydrogen-bond acceptors (Lipinski definition) is 1. The van der Waals surface area contributed by atoms with Gasteiger partial charge < -0.3 is 4.57 Å². The van der Waals surface area contributed by atoms with Crippen molar-refractivity contribution in [3.63, 3.8) is 0 Å². The summed E-state index contributed by atoms with van der Waals surface area (Å²) in [5.74, 6) is -0.197. The number of nitrogens with zero attached hydrogens (tertiary/aromatic N) is 2. The minimum atomic E-state index is -0.197. The van der Waals surface area contributed by atoms with Gasteiger partial charge in [0.1, 0.15) is 5.82 Å². The van der Waals surface area contributed by atoms with Gasteiger partial charge >= 0.3 is 0 Å². The van der Waals surface area contributed by atoms with E-state index in [1.807, 2.05) is 16.8 Å². The van der Waals surface area contributed by atoms with Gasteiger partial charge in [0.25, 0.3) is 0 Å². The fourth-order valence-electron chi connectivity index (χ4n) is 1.23. The van der Waals surface area contributed by atoms with Crippen LogP contribution in [0.3, 0.4) is 0 Å². The fourth-order valence-corrected chi connectivity index (χ4v) is 1.23. The number of aromatic nitrogens is 2. The zero-order valence-electron chi connectivity index (χ0n) is 7.02. The zero-order chi connectivity index (χ0) is 9.10. The third-order valence-corrected chi connectivity index (χ3v) is 1.81. The summed E-state index contributed by atoms with van der Waals surface area (Å²) < 4.78 is 14.7. The van der Waals surface area contributed by atoms with Crippen molar-refractivity contribution < 1.29 is 4.39 Å². The molecule has 0 aliphatic heterocycles. The highest BCUT2D eigenvalue weighted by molar-refractivity contribution is 5.16. The van der Waals surface area contributed by atoms with Crippen LogP contribution in [-0.4, -0.2) is 9.55 Å². The molecule has 2 nitrogen and oxygen atoms in total. The summed E-state index contributed by atoms with van der Waals surface area (Å²) >= 11 is 0. The lowest BCUT2D eigenvalue weighted by molar-refractivity contribution is 0.623. The molecule has 0 saturated carbocycles. The minimum Gasteiger partial charge on any atom is -0.333 e. The number of imidazole rings is 1. The van der Waals surface area contributed by atoms with Crippen molar-refractivity contribution in [2.45, 2.75) is 6.54 Å². The first-order valence-corrected chi connectivity index (χ1v) is 4.05. The van der Waals surface area contributed by atoms with Crippen molar-refractivity contribution in [2.24, 2.45) is 0 Å². The predicted octanol–water partition coefficient (Wildman–Crippen LogP) is 2.07. The van der Waals surface area contributed by atoms with Gasteiger partial charge in [0.2, 0.25) is 0 Å². The number of benzene rings is 1. The first kappa shape index (κ1) is 7.98. The van der Waals surface area contributed by atoms with Gasteiger partial charge in [-0.2, -0.15) is 0 Å².